The van der Waals surface area contributed by atoms with E-state index in [0.717, 1.165) is 11.3 Å². The second-order valence-electron chi connectivity index (χ2n) is 8.62. The van der Waals surface area contributed by atoms with Gasteiger partial charge in [0.25, 0.3) is 5.91 Å². The van der Waals surface area contributed by atoms with E-state index < -0.39 is 17.4 Å². The molecule has 34 heavy (non-hydrogen) atoms. The maximum absolute atomic E-state index is 13.5. The molecule has 180 valence electrons. The molecule has 2 N–H and O–H groups in total. The van der Waals surface area contributed by atoms with Gasteiger partial charge in [-0.3, -0.25) is 19.7 Å². The molecule has 3 amide bonds. The standard InChI is InChI=1S/C24H26FN3O5S/c1-4-26-23(32)27-21-19(13(2)20(34-21)14(3)29)22(31)28-9-7-24(8-10-28)12-17(30)16-11-15(25)5-6-18(16)33-24/h5-6,11H,4,7-10,12H2,1-3H3,(H2,26,27,32). The summed E-state index contributed by atoms with van der Waals surface area (Å²) in [6.45, 7) is 6.01. The van der Waals surface area contributed by atoms with Gasteiger partial charge in [0.15, 0.2) is 11.6 Å². The van der Waals surface area contributed by atoms with E-state index >= 15 is 0 Å². The van der Waals surface area contributed by atoms with E-state index in [0.29, 0.717) is 59.2 Å². The van der Waals surface area contributed by atoms with Crippen molar-refractivity contribution < 1.29 is 28.3 Å². The van der Waals surface area contributed by atoms with Gasteiger partial charge in [0.1, 0.15) is 22.2 Å². The highest BCUT2D eigenvalue weighted by Crippen LogP contribution is 2.41. The molecule has 0 unspecified atom stereocenters. The first-order valence-corrected chi connectivity index (χ1v) is 12.0. The molecule has 1 spiro atoms. The molecule has 1 aromatic carbocycles. The number of thiophene rings is 1. The molecule has 2 aromatic rings. The second kappa shape index (κ2) is 9.17. The van der Waals surface area contributed by atoms with Crippen molar-refractivity contribution in [2.45, 2.75) is 45.6 Å². The van der Waals surface area contributed by atoms with E-state index in [1.54, 1.807) is 18.7 Å². The van der Waals surface area contributed by atoms with Crippen LogP contribution in [0.4, 0.5) is 14.2 Å². The van der Waals surface area contributed by atoms with Crippen molar-refractivity contribution in [3.8, 4) is 5.75 Å². The van der Waals surface area contributed by atoms with Gasteiger partial charge in [-0.2, -0.15) is 0 Å². The highest BCUT2D eigenvalue weighted by molar-refractivity contribution is 7.18. The van der Waals surface area contributed by atoms with Gasteiger partial charge >= 0.3 is 6.03 Å². The van der Waals surface area contributed by atoms with E-state index in [9.17, 15) is 23.6 Å². The lowest BCUT2D eigenvalue weighted by Gasteiger charge is -2.44. The van der Waals surface area contributed by atoms with Crippen LogP contribution in [0.1, 0.15) is 69.1 Å². The van der Waals surface area contributed by atoms with Crippen molar-refractivity contribution in [3.63, 3.8) is 0 Å². The molecular weight excluding hydrogens is 461 g/mol. The Morgan fingerprint density at radius 1 is 1.24 bits per heavy atom. The highest BCUT2D eigenvalue weighted by Gasteiger charge is 2.44. The predicted octanol–water partition coefficient (Wildman–Crippen LogP) is 4.18. The van der Waals surface area contributed by atoms with Crippen LogP contribution in [0, 0.1) is 12.7 Å². The number of rotatable bonds is 4. The summed E-state index contributed by atoms with van der Waals surface area (Å²) in [6.07, 6.45) is 0.994. The largest absolute Gasteiger partial charge is 0.486 e. The summed E-state index contributed by atoms with van der Waals surface area (Å²) in [6, 6.07) is 3.48. The van der Waals surface area contributed by atoms with Gasteiger partial charge in [-0.1, -0.05) is 0 Å². The predicted molar refractivity (Wildman–Crippen MR) is 126 cm³/mol. The van der Waals surface area contributed by atoms with Crippen molar-refractivity contribution in [2.24, 2.45) is 0 Å². The van der Waals surface area contributed by atoms with Gasteiger partial charge in [0.2, 0.25) is 0 Å². The number of piperidine rings is 1. The Balaban J connectivity index is 1.54. The summed E-state index contributed by atoms with van der Waals surface area (Å²) in [4.78, 5) is 52.4. The van der Waals surface area contributed by atoms with Gasteiger partial charge in [-0.25, -0.2) is 9.18 Å². The van der Waals surface area contributed by atoms with Crippen molar-refractivity contribution in [3.05, 3.63) is 45.6 Å². The summed E-state index contributed by atoms with van der Waals surface area (Å²) in [5.74, 6) is -0.755. The highest BCUT2D eigenvalue weighted by atomic mass is 32.1. The van der Waals surface area contributed by atoms with Crippen LogP contribution in [0.25, 0.3) is 0 Å². The summed E-state index contributed by atoms with van der Waals surface area (Å²) < 4.78 is 19.7. The Hall–Kier alpha value is -3.27. The van der Waals surface area contributed by atoms with Crippen molar-refractivity contribution >= 4 is 39.8 Å². The molecule has 8 nitrogen and oxygen atoms in total. The third-order valence-corrected chi connectivity index (χ3v) is 7.57. The van der Waals surface area contributed by atoms with Gasteiger partial charge in [-0.15, -0.1) is 11.3 Å². The first-order chi connectivity index (χ1) is 16.1. The van der Waals surface area contributed by atoms with Crippen LogP contribution >= 0.6 is 11.3 Å². The lowest BCUT2D eigenvalue weighted by molar-refractivity contribution is -0.00578. The number of hydrogen-bond acceptors (Lipinski definition) is 6. The summed E-state index contributed by atoms with van der Waals surface area (Å²) in [7, 11) is 0. The Morgan fingerprint density at radius 3 is 2.59 bits per heavy atom. The minimum absolute atomic E-state index is 0.126. The Morgan fingerprint density at radius 2 is 1.94 bits per heavy atom. The molecule has 0 atom stereocenters. The van der Waals surface area contributed by atoms with Crippen molar-refractivity contribution in [1.29, 1.82) is 0 Å². The van der Waals surface area contributed by atoms with Crippen LogP contribution in [-0.2, 0) is 0 Å². The molecule has 0 aliphatic carbocycles. The van der Waals surface area contributed by atoms with Crippen molar-refractivity contribution in [2.75, 3.05) is 25.0 Å². The number of likely N-dealkylation sites (tertiary alicyclic amines) is 1. The van der Waals surface area contributed by atoms with Crippen LogP contribution in [0.3, 0.4) is 0 Å². The zero-order valence-electron chi connectivity index (χ0n) is 19.2. The maximum atomic E-state index is 13.5. The van der Waals surface area contributed by atoms with Gasteiger partial charge in [0.05, 0.1) is 22.4 Å². The van der Waals surface area contributed by atoms with Crippen molar-refractivity contribution in [1.82, 2.24) is 10.2 Å². The van der Waals surface area contributed by atoms with Gasteiger partial charge < -0.3 is 15.0 Å². The molecule has 0 radical (unpaired) electrons. The first-order valence-electron chi connectivity index (χ1n) is 11.1. The van der Waals surface area contributed by atoms with E-state index in [-0.39, 0.29) is 29.5 Å². The first kappa shape index (κ1) is 23.9. The average Bonchev–Trinajstić information content (AvgIpc) is 3.10. The molecule has 1 fully saturated rings. The fourth-order valence-electron chi connectivity index (χ4n) is 4.52. The minimum atomic E-state index is -0.741. The Bertz CT molecular complexity index is 1180. The average molecular weight is 488 g/mol. The number of hydrogen-bond donors (Lipinski definition) is 2. The van der Waals surface area contributed by atoms with E-state index in [1.807, 2.05) is 0 Å². The smallest absolute Gasteiger partial charge is 0.319 e. The minimum Gasteiger partial charge on any atom is -0.486 e. The van der Waals surface area contributed by atoms with Crippen LogP contribution in [0.15, 0.2) is 18.2 Å². The SMILES string of the molecule is CCNC(=O)Nc1sc(C(C)=O)c(C)c1C(=O)N1CCC2(CC1)CC(=O)c1cc(F)ccc1O2. The molecular formula is C24H26FN3O5S. The molecule has 4 rings (SSSR count). The number of Topliss-reactive ketones (excluding diaryl/α,β-unsaturated/α-hetero) is 2. The molecule has 1 aromatic heterocycles. The van der Waals surface area contributed by atoms with Crippen LogP contribution in [0.5, 0.6) is 5.75 Å². The van der Waals surface area contributed by atoms with Crippen LogP contribution in [-0.4, -0.2) is 53.6 Å². The number of fused-ring (bicyclic) bond motifs is 1. The number of benzene rings is 1. The normalized spacial score (nSPS) is 16.6. The lowest BCUT2D eigenvalue weighted by atomic mass is 9.82. The topological polar surface area (TPSA) is 105 Å². The quantitative estimate of drug-likeness (QED) is 0.630. The van der Waals surface area contributed by atoms with Gasteiger partial charge in [0, 0.05) is 32.5 Å². The third kappa shape index (κ3) is 4.42. The number of halogens is 1. The molecule has 2 aliphatic heterocycles. The number of carbonyl (C=O) groups excluding carboxylic acids is 4. The number of carbonyl (C=O) groups is 4. The summed E-state index contributed by atoms with van der Waals surface area (Å²) in [5.41, 5.74) is 0.346. The lowest BCUT2D eigenvalue weighted by Crippen LogP contribution is -2.52. The molecule has 10 heteroatoms. The second-order valence-corrected chi connectivity index (χ2v) is 9.64. The van der Waals surface area contributed by atoms with Crippen LogP contribution in [0.2, 0.25) is 0 Å². The number of nitrogens with zero attached hydrogens (tertiary/aromatic N) is 1. The molecule has 0 saturated carbocycles. The number of ketones is 2. The fourth-order valence-corrected chi connectivity index (χ4v) is 5.61. The zero-order valence-corrected chi connectivity index (χ0v) is 20.1. The molecule has 3 heterocycles. The number of amides is 3. The van der Waals surface area contributed by atoms with E-state index in [4.69, 9.17) is 4.74 Å². The van der Waals surface area contributed by atoms with Crippen LogP contribution < -0.4 is 15.4 Å². The summed E-state index contributed by atoms with van der Waals surface area (Å²) in [5, 5.41) is 5.65. The molecule has 2 aliphatic rings. The van der Waals surface area contributed by atoms with Gasteiger partial charge in [-0.05, 0) is 44.5 Å². The molecule has 1 saturated heterocycles. The number of ether oxygens (including phenoxy) is 1. The number of nitrogens with one attached hydrogen (secondary N) is 2. The summed E-state index contributed by atoms with van der Waals surface area (Å²) >= 11 is 1.09. The maximum Gasteiger partial charge on any atom is 0.319 e. The molecule has 0 bridgehead atoms. The third-order valence-electron chi connectivity index (χ3n) is 6.26. The van der Waals surface area contributed by atoms with E-state index in [1.165, 1.54) is 25.1 Å². The number of anilines is 1. The zero-order chi connectivity index (χ0) is 24.6. The fraction of sp³-hybridized carbons (Fsp3) is 0.417. The Labute approximate surface area is 200 Å². The van der Waals surface area contributed by atoms with E-state index in [2.05, 4.69) is 10.6 Å². The monoisotopic (exact) mass is 487 g/mol. The Kier molecular flexibility index (Phi) is 6.44. The number of urea groups is 1.